The van der Waals surface area contributed by atoms with Crippen LogP contribution in [0.1, 0.15) is 12.0 Å². The van der Waals surface area contributed by atoms with Crippen molar-refractivity contribution in [2.75, 3.05) is 12.8 Å². The summed E-state index contributed by atoms with van der Waals surface area (Å²) in [4.78, 5) is 11.2. The number of nitrogen functional groups attached to an aromatic ring is 1. The fraction of sp³-hybridized carbons (Fsp3) is 0.188. The summed E-state index contributed by atoms with van der Waals surface area (Å²) < 4.78 is 25.5. The van der Waals surface area contributed by atoms with Crippen molar-refractivity contribution in [1.82, 2.24) is 0 Å². The van der Waals surface area contributed by atoms with Crippen LogP contribution < -0.4 is 10.5 Å². The number of ether oxygens (including phenoxy) is 2. The third-order valence-electron chi connectivity index (χ3n) is 3.12. The molecule has 0 saturated heterocycles. The largest absolute Gasteiger partial charge is 0.469 e. The van der Waals surface area contributed by atoms with Crippen LogP contribution in [0, 0.1) is 5.82 Å². The predicted molar refractivity (Wildman–Crippen MR) is 93.1 cm³/mol. The Labute approximate surface area is 150 Å². The van der Waals surface area contributed by atoms with E-state index in [0.29, 0.717) is 27.2 Å². The number of benzene rings is 2. The second kappa shape index (κ2) is 7.79. The molecule has 2 N–H and O–H groups in total. The van der Waals surface area contributed by atoms with Gasteiger partial charge in [0, 0.05) is 12.1 Å². The molecule has 0 spiro atoms. The van der Waals surface area contributed by atoms with Gasteiger partial charge in [-0.25, -0.2) is 4.39 Å². The molecule has 0 unspecified atom stereocenters. The van der Waals surface area contributed by atoms with Crippen LogP contribution in [-0.4, -0.2) is 13.1 Å². The van der Waals surface area contributed by atoms with Gasteiger partial charge in [0.15, 0.2) is 5.75 Å². The van der Waals surface area contributed by atoms with E-state index < -0.39 is 5.82 Å². The van der Waals surface area contributed by atoms with Gasteiger partial charge in [-0.15, -0.1) is 0 Å². The molecule has 4 nitrogen and oxygen atoms in total. The highest BCUT2D eigenvalue weighted by atomic mass is 79.9. The lowest BCUT2D eigenvalue weighted by Gasteiger charge is -2.13. The maximum atomic E-state index is 14.4. The van der Waals surface area contributed by atoms with Crippen LogP contribution in [0.4, 0.5) is 10.1 Å². The van der Waals surface area contributed by atoms with Gasteiger partial charge < -0.3 is 15.2 Å². The summed E-state index contributed by atoms with van der Waals surface area (Å²) in [6, 6.07) is 8.36. The van der Waals surface area contributed by atoms with Crippen molar-refractivity contribution in [2.45, 2.75) is 12.8 Å². The summed E-state index contributed by atoms with van der Waals surface area (Å²) in [5, 5.41) is 0. The van der Waals surface area contributed by atoms with Crippen molar-refractivity contribution in [2.24, 2.45) is 0 Å². The van der Waals surface area contributed by atoms with E-state index in [9.17, 15) is 9.18 Å². The first-order valence-electron chi connectivity index (χ1n) is 6.69. The van der Waals surface area contributed by atoms with Crippen molar-refractivity contribution in [3.05, 3.63) is 50.7 Å². The molecule has 0 radical (unpaired) electrons. The molecule has 0 bridgehead atoms. The average molecular weight is 447 g/mol. The number of hydrogen-bond acceptors (Lipinski definition) is 4. The average Bonchev–Trinajstić information content (AvgIpc) is 2.55. The minimum absolute atomic E-state index is 0.102. The van der Waals surface area contributed by atoms with Gasteiger partial charge in [-0.2, -0.15) is 0 Å². The highest BCUT2D eigenvalue weighted by Crippen LogP contribution is 2.40. The highest BCUT2D eigenvalue weighted by molar-refractivity contribution is 9.11. The van der Waals surface area contributed by atoms with Gasteiger partial charge in [0.2, 0.25) is 0 Å². The van der Waals surface area contributed by atoms with Gasteiger partial charge in [-0.1, -0.05) is 0 Å². The van der Waals surface area contributed by atoms with Gasteiger partial charge in [-0.3, -0.25) is 4.79 Å². The number of esters is 1. The molecule has 122 valence electrons. The van der Waals surface area contributed by atoms with E-state index in [1.807, 2.05) is 0 Å². The van der Waals surface area contributed by atoms with Crippen LogP contribution in [-0.2, 0) is 16.0 Å². The number of hydrogen-bond donors (Lipinski definition) is 1. The smallest absolute Gasteiger partial charge is 0.305 e. The fourth-order valence-electron chi connectivity index (χ4n) is 1.90. The number of rotatable bonds is 5. The fourth-order valence-corrected chi connectivity index (χ4v) is 3.27. The molecule has 7 heteroatoms. The number of carbonyl (C=O) groups excluding carboxylic acids is 1. The standard InChI is InChI=1S/C16H14Br2FNO3/c1-22-13(21)7-2-9-8-12(17)16(14(18)15(9)19)23-11-5-3-10(20)4-6-11/h3-6,8H,2,7,20H2,1H3. The van der Waals surface area contributed by atoms with E-state index in [4.69, 9.17) is 10.5 Å². The number of anilines is 1. The summed E-state index contributed by atoms with van der Waals surface area (Å²) in [5.74, 6) is -0.0159. The van der Waals surface area contributed by atoms with Crippen molar-refractivity contribution in [1.29, 1.82) is 0 Å². The SMILES string of the molecule is COC(=O)CCc1cc(Br)c(Oc2ccc(N)cc2)c(Br)c1F. The zero-order chi connectivity index (χ0) is 17.0. The quantitative estimate of drug-likeness (QED) is 0.406. The maximum Gasteiger partial charge on any atom is 0.305 e. The Balaban J connectivity index is 2.26. The van der Waals surface area contributed by atoms with Gasteiger partial charge in [-0.05, 0) is 74.2 Å². The molecule has 0 saturated carbocycles. The van der Waals surface area contributed by atoms with E-state index in [0.717, 1.165) is 0 Å². The molecule has 0 aromatic heterocycles. The Kier molecular flexibility index (Phi) is 6.01. The summed E-state index contributed by atoms with van der Waals surface area (Å²) in [5.41, 5.74) is 6.62. The summed E-state index contributed by atoms with van der Waals surface area (Å²) >= 11 is 6.57. The summed E-state index contributed by atoms with van der Waals surface area (Å²) in [6.45, 7) is 0. The predicted octanol–water partition coefficient (Wildman–Crippen LogP) is 4.83. The Bertz CT molecular complexity index is 720. The molecule has 2 rings (SSSR count). The van der Waals surface area contributed by atoms with Crippen LogP contribution in [0.3, 0.4) is 0 Å². The number of carbonyl (C=O) groups is 1. The maximum absolute atomic E-state index is 14.4. The summed E-state index contributed by atoms with van der Waals surface area (Å²) in [6.07, 6.45) is 0.336. The second-order valence-electron chi connectivity index (χ2n) is 4.72. The zero-order valence-corrected chi connectivity index (χ0v) is 15.4. The minimum Gasteiger partial charge on any atom is -0.469 e. The van der Waals surface area contributed by atoms with E-state index in [1.165, 1.54) is 7.11 Å². The van der Waals surface area contributed by atoms with E-state index in [2.05, 4.69) is 36.6 Å². The van der Waals surface area contributed by atoms with Crippen molar-refractivity contribution >= 4 is 43.5 Å². The molecule has 0 amide bonds. The minimum atomic E-state index is -0.470. The summed E-state index contributed by atoms with van der Waals surface area (Å²) in [7, 11) is 1.30. The molecule has 0 fully saturated rings. The normalized spacial score (nSPS) is 10.4. The Morgan fingerprint density at radius 2 is 1.91 bits per heavy atom. The van der Waals surface area contributed by atoms with Crippen LogP contribution in [0.5, 0.6) is 11.5 Å². The van der Waals surface area contributed by atoms with Gasteiger partial charge in [0.25, 0.3) is 0 Å². The third-order valence-corrected chi connectivity index (χ3v) is 4.42. The molecular formula is C16H14Br2FNO3. The lowest BCUT2D eigenvalue weighted by Crippen LogP contribution is -2.04. The second-order valence-corrected chi connectivity index (χ2v) is 6.37. The number of methoxy groups -OCH3 is 1. The molecule has 0 aliphatic heterocycles. The third kappa shape index (κ3) is 4.45. The van der Waals surface area contributed by atoms with Crippen LogP contribution in [0.2, 0.25) is 0 Å². The van der Waals surface area contributed by atoms with Gasteiger partial charge >= 0.3 is 5.97 Å². The molecule has 2 aromatic carbocycles. The first-order valence-corrected chi connectivity index (χ1v) is 8.27. The van der Waals surface area contributed by atoms with Gasteiger partial charge in [0.1, 0.15) is 11.6 Å². The molecule has 0 aliphatic carbocycles. The van der Waals surface area contributed by atoms with E-state index in [-0.39, 0.29) is 23.3 Å². The number of nitrogens with two attached hydrogens (primary N) is 1. The molecule has 23 heavy (non-hydrogen) atoms. The molecule has 0 atom stereocenters. The number of aryl methyl sites for hydroxylation is 1. The molecule has 0 heterocycles. The van der Waals surface area contributed by atoms with E-state index >= 15 is 0 Å². The van der Waals surface area contributed by atoms with Crippen molar-refractivity contribution < 1.29 is 18.7 Å². The zero-order valence-electron chi connectivity index (χ0n) is 12.2. The Morgan fingerprint density at radius 1 is 1.26 bits per heavy atom. The van der Waals surface area contributed by atoms with Crippen LogP contribution >= 0.6 is 31.9 Å². The van der Waals surface area contributed by atoms with E-state index in [1.54, 1.807) is 30.3 Å². The van der Waals surface area contributed by atoms with Crippen molar-refractivity contribution in [3.8, 4) is 11.5 Å². The Hall–Kier alpha value is -1.60. The van der Waals surface area contributed by atoms with Crippen LogP contribution in [0.25, 0.3) is 0 Å². The first-order chi connectivity index (χ1) is 10.9. The van der Waals surface area contributed by atoms with Crippen LogP contribution in [0.15, 0.2) is 39.3 Å². The first kappa shape index (κ1) is 17.7. The molecular weight excluding hydrogens is 433 g/mol. The van der Waals surface area contributed by atoms with Crippen molar-refractivity contribution in [3.63, 3.8) is 0 Å². The topological polar surface area (TPSA) is 61.5 Å². The lowest BCUT2D eigenvalue weighted by molar-refractivity contribution is -0.140. The Morgan fingerprint density at radius 3 is 2.52 bits per heavy atom. The molecule has 0 aliphatic rings. The lowest BCUT2D eigenvalue weighted by atomic mass is 10.1. The highest BCUT2D eigenvalue weighted by Gasteiger charge is 2.18. The monoisotopic (exact) mass is 445 g/mol. The number of halogens is 3. The molecule has 2 aromatic rings. The van der Waals surface area contributed by atoms with Gasteiger partial charge in [0.05, 0.1) is 16.1 Å².